The predicted octanol–water partition coefficient (Wildman–Crippen LogP) is 3.30. The number of fused-ring (bicyclic) bond motifs is 1. The molecule has 2 N–H and O–H groups in total. The summed E-state index contributed by atoms with van der Waals surface area (Å²) in [5.74, 6) is -0.0960. The van der Waals surface area contributed by atoms with Crippen LogP contribution in [-0.4, -0.2) is 87.9 Å². The van der Waals surface area contributed by atoms with Gasteiger partial charge in [-0.3, -0.25) is 9.59 Å². The summed E-state index contributed by atoms with van der Waals surface area (Å²) in [6, 6.07) is 6.39. The lowest BCUT2D eigenvalue weighted by molar-refractivity contribution is -0.138. The zero-order valence-corrected chi connectivity index (χ0v) is 23.6. The van der Waals surface area contributed by atoms with Crippen LogP contribution in [0.3, 0.4) is 0 Å². The lowest BCUT2D eigenvalue weighted by Gasteiger charge is -2.16. The van der Waals surface area contributed by atoms with E-state index in [4.69, 9.17) is 28.8 Å². The number of carbonyl (C=O) groups excluding carboxylic acids is 1. The van der Waals surface area contributed by atoms with E-state index in [-0.39, 0.29) is 23.7 Å². The Hall–Kier alpha value is -2.18. The molecule has 0 spiro atoms. The number of carboxylic acids is 1. The van der Waals surface area contributed by atoms with Gasteiger partial charge in [0.1, 0.15) is 12.4 Å². The minimum absolute atomic E-state index is 0.0153. The summed E-state index contributed by atoms with van der Waals surface area (Å²) in [6.45, 7) is 10.9. The second-order valence-electron chi connectivity index (χ2n) is 9.26. The van der Waals surface area contributed by atoms with Crippen molar-refractivity contribution in [3.05, 3.63) is 29.3 Å². The molecule has 0 aliphatic heterocycles. The number of benzene rings is 1. The summed E-state index contributed by atoms with van der Waals surface area (Å²) in [5, 5.41) is 11.7. The van der Waals surface area contributed by atoms with Crippen LogP contribution in [0.1, 0.15) is 50.7 Å². The monoisotopic (exact) mass is 556 g/mol. The van der Waals surface area contributed by atoms with Crippen LogP contribution in [0.2, 0.25) is 0 Å². The molecule has 1 aromatic rings. The summed E-state index contributed by atoms with van der Waals surface area (Å²) in [4.78, 5) is 21.1. The normalized spacial score (nSPS) is 12.6. The van der Waals surface area contributed by atoms with Gasteiger partial charge < -0.3 is 28.8 Å². The van der Waals surface area contributed by atoms with Crippen molar-refractivity contribution in [2.45, 2.75) is 57.1 Å². The molecule has 0 aromatic heterocycles. The summed E-state index contributed by atoms with van der Waals surface area (Å²) < 4.78 is 26.8. The largest absolute Gasteiger partial charge is 0.491 e. The fourth-order valence-electron chi connectivity index (χ4n) is 3.46. The summed E-state index contributed by atoms with van der Waals surface area (Å²) in [6.07, 6.45) is 5.26. The van der Waals surface area contributed by atoms with Gasteiger partial charge in [0.05, 0.1) is 59.3 Å². The van der Waals surface area contributed by atoms with Crippen molar-refractivity contribution in [1.82, 2.24) is 5.43 Å². The van der Waals surface area contributed by atoms with Crippen molar-refractivity contribution >= 4 is 31.2 Å². The van der Waals surface area contributed by atoms with E-state index in [9.17, 15) is 9.59 Å². The molecule has 0 bridgehead atoms. The first kappa shape index (κ1) is 33.8. The second kappa shape index (κ2) is 20.7. The molecule has 0 saturated heterocycles. The number of ether oxygens (including phenoxy) is 5. The molecule has 1 aliphatic carbocycles. The SMILES string of the molecule is C=NNC(=O)CC(C)(C)S.O=C(O)CCOCCOCCOCCOCCOc1ccc2c(c1)CCCC2. The first-order valence-corrected chi connectivity index (χ1v) is 13.4. The van der Waals surface area contributed by atoms with Crippen molar-refractivity contribution in [2.75, 3.05) is 59.5 Å². The van der Waals surface area contributed by atoms with E-state index < -0.39 is 5.97 Å². The van der Waals surface area contributed by atoms with Crippen LogP contribution in [0.25, 0.3) is 0 Å². The summed E-state index contributed by atoms with van der Waals surface area (Å²) in [5.41, 5.74) is 5.11. The molecule has 0 heterocycles. The van der Waals surface area contributed by atoms with Crippen LogP contribution in [0.15, 0.2) is 23.3 Å². The molecule has 0 fully saturated rings. The Morgan fingerprint density at radius 1 is 0.921 bits per heavy atom. The highest BCUT2D eigenvalue weighted by Crippen LogP contribution is 2.25. The average molecular weight is 557 g/mol. The van der Waals surface area contributed by atoms with Crippen LogP contribution in [0.5, 0.6) is 5.75 Å². The van der Waals surface area contributed by atoms with Crippen LogP contribution < -0.4 is 10.2 Å². The van der Waals surface area contributed by atoms with E-state index in [1.54, 1.807) is 0 Å². The molecular weight excluding hydrogens is 512 g/mol. The van der Waals surface area contributed by atoms with Gasteiger partial charge in [-0.15, -0.1) is 0 Å². The fraction of sp³-hybridized carbons (Fsp3) is 0.667. The minimum atomic E-state index is -0.860. The van der Waals surface area contributed by atoms with E-state index in [1.165, 1.54) is 30.4 Å². The molecule has 1 aromatic carbocycles. The number of carbonyl (C=O) groups is 2. The first-order chi connectivity index (χ1) is 18.2. The minimum Gasteiger partial charge on any atom is -0.491 e. The number of hydrogen-bond acceptors (Lipinski definition) is 9. The lowest BCUT2D eigenvalue weighted by atomic mass is 9.92. The number of hydrazone groups is 1. The van der Waals surface area contributed by atoms with Crippen molar-refractivity contribution in [3.63, 3.8) is 0 Å². The molecule has 0 radical (unpaired) electrons. The van der Waals surface area contributed by atoms with E-state index in [0.29, 0.717) is 59.3 Å². The Kier molecular flexibility index (Phi) is 18.5. The number of nitrogens with zero attached hydrogens (tertiary/aromatic N) is 1. The number of aliphatic carboxylic acids is 1. The van der Waals surface area contributed by atoms with Gasteiger partial charge in [-0.2, -0.15) is 17.7 Å². The molecule has 10 nitrogen and oxygen atoms in total. The highest BCUT2D eigenvalue weighted by molar-refractivity contribution is 7.81. The van der Waals surface area contributed by atoms with Gasteiger partial charge in [0.2, 0.25) is 5.91 Å². The van der Waals surface area contributed by atoms with Gasteiger partial charge >= 0.3 is 5.97 Å². The molecule has 0 unspecified atom stereocenters. The molecule has 0 atom stereocenters. The maximum Gasteiger partial charge on any atom is 0.305 e. The lowest BCUT2D eigenvalue weighted by Crippen LogP contribution is -2.25. The average Bonchev–Trinajstić information content (AvgIpc) is 2.85. The molecule has 11 heteroatoms. The van der Waals surface area contributed by atoms with E-state index in [2.05, 4.69) is 42.0 Å². The van der Waals surface area contributed by atoms with Gasteiger partial charge in [0.25, 0.3) is 0 Å². The smallest absolute Gasteiger partial charge is 0.305 e. The maximum absolute atomic E-state index is 10.8. The Morgan fingerprint density at radius 3 is 1.97 bits per heavy atom. The Balaban J connectivity index is 0.000000612. The fourth-order valence-corrected chi connectivity index (χ4v) is 3.60. The first-order valence-electron chi connectivity index (χ1n) is 13.0. The quantitative estimate of drug-likeness (QED) is 0.103. The Labute approximate surface area is 231 Å². The highest BCUT2D eigenvalue weighted by Gasteiger charge is 2.16. The van der Waals surface area contributed by atoms with Crippen LogP contribution in [-0.2, 0) is 41.4 Å². The molecule has 0 saturated carbocycles. The van der Waals surface area contributed by atoms with Gasteiger partial charge in [0.15, 0.2) is 0 Å². The number of amides is 1. The van der Waals surface area contributed by atoms with Crippen molar-refractivity contribution in [2.24, 2.45) is 5.10 Å². The molecular formula is C27H44N2O8S. The summed E-state index contributed by atoms with van der Waals surface area (Å²) >= 11 is 4.16. The number of rotatable bonds is 19. The molecule has 1 amide bonds. The van der Waals surface area contributed by atoms with Gasteiger partial charge in [-0.05, 0) is 48.9 Å². The second-order valence-corrected chi connectivity index (χ2v) is 10.5. The predicted molar refractivity (Wildman–Crippen MR) is 149 cm³/mol. The van der Waals surface area contributed by atoms with Crippen LogP contribution >= 0.6 is 12.6 Å². The van der Waals surface area contributed by atoms with Gasteiger partial charge in [0, 0.05) is 17.9 Å². The number of carboxylic acid groups (broad SMARTS) is 1. The number of thiol groups is 1. The van der Waals surface area contributed by atoms with Gasteiger partial charge in [-0.25, -0.2) is 5.43 Å². The molecule has 2 rings (SSSR count). The summed E-state index contributed by atoms with van der Waals surface area (Å²) in [7, 11) is 0. The standard InChI is InChI=1S/C21H32O7.C6H12N2OS/c22-21(23)7-8-24-9-10-25-11-12-26-13-14-27-15-16-28-20-6-5-18-3-1-2-4-19(18)17-20;1-6(2,10)4-5(9)8-7-3/h5-6,17H,1-4,7-16H2,(H,22,23);10H,3-4H2,1-2H3,(H,8,9). The Bertz CT molecular complexity index is 817. The van der Waals surface area contributed by atoms with Crippen molar-refractivity contribution in [1.29, 1.82) is 0 Å². The van der Waals surface area contributed by atoms with Crippen LogP contribution in [0.4, 0.5) is 0 Å². The number of nitrogens with one attached hydrogen (secondary N) is 1. The zero-order valence-electron chi connectivity index (χ0n) is 22.7. The molecule has 1 aliphatic rings. The topological polar surface area (TPSA) is 125 Å². The molecule has 38 heavy (non-hydrogen) atoms. The van der Waals surface area contributed by atoms with Crippen molar-refractivity contribution in [3.8, 4) is 5.75 Å². The van der Waals surface area contributed by atoms with E-state index >= 15 is 0 Å². The number of aryl methyl sites for hydroxylation is 2. The van der Waals surface area contributed by atoms with Gasteiger partial charge in [-0.1, -0.05) is 19.9 Å². The third-order valence-corrected chi connectivity index (χ3v) is 5.35. The highest BCUT2D eigenvalue weighted by atomic mass is 32.1. The molecule has 216 valence electrons. The van der Waals surface area contributed by atoms with E-state index in [1.807, 2.05) is 19.9 Å². The maximum atomic E-state index is 10.8. The third-order valence-electron chi connectivity index (χ3n) is 5.19. The third kappa shape index (κ3) is 19.0. The Morgan fingerprint density at radius 2 is 1.45 bits per heavy atom. The van der Waals surface area contributed by atoms with E-state index in [0.717, 1.165) is 12.2 Å². The number of hydrogen-bond donors (Lipinski definition) is 3. The van der Waals surface area contributed by atoms with Crippen molar-refractivity contribution < 1.29 is 38.4 Å². The van der Waals surface area contributed by atoms with Crippen LogP contribution in [0, 0.1) is 0 Å². The zero-order chi connectivity index (χ0) is 28.1.